The van der Waals surface area contributed by atoms with Crippen LogP contribution in [0, 0.1) is 0 Å². The molecule has 128 valence electrons. The van der Waals surface area contributed by atoms with Crippen LogP contribution in [0.3, 0.4) is 0 Å². The quantitative estimate of drug-likeness (QED) is 0.742. The van der Waals surface area contributed by atoms with Crippen LogP contribution in [0.25, 0.3) is 16.9 Å². The molecule has 2 aromatic heterocycles. The molecule has 0 atom stereocenters. The van der Waals surface area contributed by atoms with Gasteiger partial charge in [0.25, 0.3) is 0 Å². The minimum Gasteiger partial charge on any atom is -0.476 e. The predicted octanol–water partition coefficient (Wildman–Crippen LogP) is 3.89. The Labute approximate surface area is 145 Å². The molecule has 0 radical (unpaired) electrons. The van der Waals surface area contributed by atoms with E-state index in [1.165, 1.54) is 35.1 Å². The van der Waals surface area contributed by atoms with Gasteiger partial charge >= 0.3 is 12.6 Å². The second-order valence-corrected chi connectivity index (χ2v) is 5.33. The lowest BCUT2D eigenvalue weighted by Crippen LogP contribution is -2.03. The molecule has 1 aromatic carbocycles. The van der Waals surface area contributed by atoms with Crippen molar-refractivity contribution in [2.24, 2.45) is 0 Å². The van der Waals surface area contributed by atoms with Crippen molar-refractivity contribution in [1.29, 1.82) is 0 Å². The SMILES string of the molecule is O=C(O)c1cc(-c2cc(Cl)cc(OC(F)F)c2)n(-c2cccnc2)n1. The van der Waals surface area contributed by atoms with Gasteiger partial charge in [0, 0.05) is 16.8 Å². The number of ether oxygens (including phenoxy) is 1. The zero-order chi connectivity index (χ0) is 18.0. The molecule has 0 spiro atoms. The second-order valence-electron chi connectivity index (χ2n) is 4.90. The number of nitrogens with zero attached hydrogens (tertiary/aromatic N) is 3. The van der Waals surface area contributed by atoms with Gasteiger partial charge in [-0.3, -0.25) is 4.98 Å². The van der Waals surface area contributed by atoms with Crippen LogP contribution in [0.4, 0.5) is 8.78 Å². The fourth-order valence-electron chi connectivity index (χ4n) is 2.25. The maximum absolute atomic E-state index is 12.5. The van der Waals surface area contributed by atoms with E-state index in [0.29, 0.717) is 16.9 Å². The van der Waals surface area contributed by atoms with E-state index in [0.717, 1.165) is 0 Å². The molecular weight excluding hydrogens is 356 g/mol. The summed E-state index contributed by atoms with van der Waals surface area (Å²) in [5.74, 6) is -1.37. The number of hydrogen-bond donors (Lipinski definition) is 1. The molecule has 6 nitrogen and oxygen atoms in total. The Hall–Kier alpha value is -3.00. The first-order valence-electron chi connectivity index (χ1n) is 6.93. The van der Waals surface area contributed by atoms with Gasteiger partial charge in [0.1, 0.15) is 5.75 Å². The molecule has 0 aliphatic heterocycles. The molecule has 25 heavy (non-hydrogen) atoms. The van der Waals surface area contributed by atoms with Crippen molar-refractivity contribution in [3.05, 3.63) is 59.5 Å². The smallest absolute Gasteiger partial charge is 0.387 e. The van der Waals surface area contributed by atoms with Gasteiger partial charge in [0.15, 0.2) is 5.69 Å². The summed E-state index contributed by atoms with van der Waals surface area (Å²) in [4.78, 5) is 15.2. The van der Waals surface area contributed by atoms with Crippen LogP contribution in [0.15, 0.2) is 48.8 Å². The van der Waals surface area contributed by atoms with Crippen LogP contribution in [-0.2, 0) is 0 Å². The summed E-state index contributed by atoms with van der Waals surface area (Å²) in [6.07, 6.45) is 3.04. The number of carboxylic acids is 1. The lowest BCUT2D eigenvalue weighted by atomic mass is 10.1. The molecule has 0 saturated heterocycles. The Bertz CT molecular complexity index is 916. The number of aromatic carboxylic acids is 1. The summed E-state index contributed by atoms with van der Waals surface area (Å²) in [5, 5.41) is 13.4. The largest absolute Gasteiger partial charge is 0.476 e. The highest BCUT2D eigenvalue weighted by Gasteiger charge is 2.17. The van der Waals surface area contributed by atoms with Gasteiger partial charge in [-0.1, -0.05) is 11.6 Å². The Morgan fingerprint density at radius 1 is 1.28 bits per heavy atom. The van der Waals surface area contributed by atoms with E-state index in [9.17, 15) is 18.7 Å². The van der Waals surface area contributed by atoms with Gasteiger partial charge in [-0.05, 0) is 36.4 Å². The van der Waals surface area contributed by atoms with Crippen molar-refractivity contribution < 1.29 is 23.4 Å². The maximum Gasteiger partial charge on any atom is 0.387 e. The lowest BCUT2D eigenvalue weighted by Gasteiger charge is -2.10. The van der Waals surface area contributed by atoms with E-state index >= 15 is 0 Å². The van der Waals surface area contributed by atoms with Crippen molar-refractivity contribution in [2.45, 2.75) is 6.61 Å². The van der Waals surface area contributed by atoms with Gasteiger partial charge in [0.05, 0.1) is 17.6 Å². The molecule has 0 unspecified atom stereocenters. The third-order valence-electron chi connectivity index (χ3n) is 3.21. The lowest BCUT2D eigenvalue weighted by molar-refractivity contribution is -0.0498. The third-order valence-corrected chi connectivity index (χ3v) is 3.43. The van der Waals surface area contributed by atoms with E-state index in [1.54, 1.807) is 18.3 Å². The Morgan fingerprint density at radius 3 is 2.72 bits per heavy atom. The normalized spacial score (nSPS) is 10.9. The van der Waals surface area contributed by atoms with E-state index in [1.807, 2.05) is 0 Å². The molecule has 1 N–H and O–H groups in total. The molecule has 0 saturated carbocycles. The number of alkyl halides is 2. The average molecular weight is 366 g/mol. The summed E-state index contributed by atoms with van der Waals surface area (Å²) < 4.78 is 30.7. The summed E-state index contributed by atoms with van der Waals surface area (Å²) in [6.45, 7) is -3.01. The topological polar surface area (TPSA) is 77.2 Å². The first kappa shape index (κ1) is 16.8. The number of rotatable bonds is 5. The zero-order valence-electron chi connectivity index (χ0n) is 12.4. The molecule has 0 aliphatic rings. The minimum absolute atomic E-state index is 0.145. The van der Waals surface area contributed by atoms with Crippen LogP contribution >= 0.6 is 11.6 Å². The summed E-state index contributed by atoms with van der Waals surface area (Å²) in [5.41, 5.74) is 0.996. The van der Waals surface area contributed by atoms with Crippen LogP contribution in [0.2, 0.25) is 5.02 Å². The standard InChI is InChI=1S/C16H10ClF2N3O3/c17-10-4-9(5-12(6-10)25-16(18)19)14-7-13(15(23)24)21-22(14)11-2-1-3-20-8-11/h1-8,16H,(H,23,24). The first-order valence-corrected chi connectivity index (χ1v) is 7.31. The molecule has 0 aliphatic carbocycles. The zero-order valence-corrected chi connectivity index (χ0v) is 13.2. The van der Waals surface area contributed by atoms with Crippen LogP contribution in [0.5, 0.6) is 5.75 Å². The van der Waals surface area contributed by atoms with Crippen LogP contribution in [-0.4, -0.2) is 32.5 Å². The fourth-order valence-corrected chi connectivity index (χ4v) is 2.47. The molecule has 0 amide bonds. The number of pyridine rings is 1. The number of halogens is 3. The number of carbonyl (C=O) groups is 1. The van der Waals surface area contributed by atoms with Crippen molar-refractivity contribution in [3.63, 3.8) is 0 Å². The highest BCUT2D eigenvalue weighted by atomic mass is 35.5. The van der Waals surface area contributed by atoms with Crippen molar-refractivity contribution in [1.82, 2.24) is 14.8 Å². The van der Waals surface area contributed by atoms with E-state index in [-0.39, 0.29) is 16.5 Å². The number of benzene rings is 1. The van der Waals surface area contributed by atoms with E-state index in [2.05, 4.69) is 14.8 Å². The fraction of sp³-hybridized carbons (Fsp3) is 0.0625. The maximum atomic E-state index is 12.5. The molecule has 0 fully saturated rings. The monoisotopic (exact) mass is 365 g/mol. The average Bonchev–Trinajstić information content (AvgIpc) is 3.00. The molecular formula is C16H10ClF2N3O3. The van der Waals surface area contributed by atoms with Crippen molar-refractivity contribution in [2.75, 3.05) is 0 Å². The van der Waals surface area contributed by atoms with Gasteiger partial charge < -0.3 is 9.84 Å². The highest BCUT2D eigenvalue weighted by molar-refractivity contribution is 6.31. The third kappa shape index (κ3) is 3.74. The molecule has 2 heterocycles. The van der Waals surface area contributed by atoms with E-state index < -0.39 is 12.6 Å². The van der Waals surface area contributed by atoms with Crippen LogP contribution in [0.1, 0.15) is 10.5 Å². The van der Waals surface area contributed by atoms with Gasteiger partial charge in [0.2, 0.25) is 0 Å². The minimum atomic E-state index is -3.01. The first-order chi connectivity index (χ1) is 11.9. The molecule has 0 bridgehead atoms. The van der Waals surface area contributed by atoms with Crippen molar-refractivity contribution >= 4 is 17.6 Å². The van der Waals surface area contributed by atoms with Crippen LogP contribution < -0.4 is 4.74 Å². The summed E-state index contributed by atoms with van der Waals surface area (Å²) in [6, 6.07) is 8.71. The van der Waals surface area contributed by atoms with Gasteiger partial charge in [-0.25, -0.2) is 9.48 Å². The molecule has 3 aromatic rings. The van der Waals surface area contributed by atoms with Gasteiger partial charge in [-0.2, -0.15) is 13.9 Å². The predicted molar refractivity (Wildman–Crippen MR) is 85.4 cm³/mol. The Balaban J connectivity index is 2.16. The number of hydrogen-bond acceptors (Lipinski definition) is 4. The molecule has 9 heteroatoms. The molecule has 3 rings (SSSR count). The second kappa shape index (κ2) is 6.86. The number of carboxylic acid groups (broad SMARTS) is 1. The Kier molecular flexibility index (Phi) is 4.62. The Morgan fingerprint density at radius 2 is 2.08 bits per heavy atom. The van der Waals surface area contributed by atoms with E-state index in [4.69, 9.17) is 11.6 Å². The summed E-state index contributed by atoms with van der Waals surface area (Å²) in [7, 11) is 0. The summed E-state index contributed by atoms with van der Waals surface area (Å²) >= 11 is 5.97. The van der Waals surface area contributed by atoms with Crippen molar-refractivity contribution in [3.8, 4) is 22.7 Å². The van der Waals surface area contributed by atoms with Gasteiger partial charge in [-0.15, -0.1) is 0 Å². The highest BCUT2D eigenvalue weighted by Crippen LogP contribution is 2.31. The number of aromatic nitrogens is 3.